The van der Waals surface area contributed by atoms with Crippen LogP contribution < -0.4 is 4.72 Å². The van der Waals surface area contributed by atoms with Gasteiger partial charge in [-0.25, -0.2) is 8.42 Å². The van der Waals surface area contributed by atoms with Crippen LogP contribution in [0.4, 0.5) is 5.69 Å². The number of anilines is 1. The van der Waals surface area contributed by atoms with Gasteiger partial charge in [0, 0.05) is 12.7 Å². The first kappa shape index (κ1) is 17.2. The predicted molar refractivity (Wildman–Crippen MR) is 96.0 cm³/mol. The number of hydrogen-bond acceptors (Lipinski definition) is 4. The van der Waals surface area contributed by atoms with E-state index in [4.69, 9.17) is 0 Å². The molecule has 0 saturated heterocycles. The van der Waals surface area contributed by atoms with Crippen LogP contribution in [-0.4, -0.2) is 28.0 Å². The van der Waals surface area contributed by atoms with Gasteiger partial charge in [-0.3, -0.25) is 14.1 Å². The average molecular weight is 359 g/mol. The van der Waals surface area contributed by atoms with Crippen molar-refractivity contribution < 1.29 is 8.42 Å². The van der Waals surface area contributed by atoms with Gasteiger partial charge < -0.3 is 0 Å². The molecule has 0 aliphatic carbocycles. The molecule has 2 heterocycles. The maximum atomic E-state index is 12.6. The smallest absolute Gasteiger partial charge is 0.265 e. The fourth-order valence-electron chi connectivity index (χ4n) is 2.60. The van der Waals surface area contributed by atoms with Crippen molar-refractivity contribution in [3.63, 3.8) is 0 Å². The van der Waals surface area contributed by atoms with E-state index in [2.05, 4.69) is 14.9 Å². The summed E-state index contributed by atoms with van der Waals surface area (Å²) in [5.41, 5.74) is 3.03. The zero-order valence-electron chi connectivity index (χ0n) is 14.5. The van der Waals surface area contributed by atoms with Crippen molar-refractivity contribution in [2.75, 3.05) is 4.72 Å². The highest BCUT2D eigenvalue weighted by Crippen LogP contribution is 2.24. The summed E-state index contributed by atoms with van der Waals surface area (Å²) in [6.45, 7) is 6.75. The molecular weight excluding hydrogens is 338 g/mol. The number of hydrogen-bond donors (Lipinski definition) is 1. The van der Waals surface area contributed by atoms with Gasteiger partial charge in [0.2, 0.25) is 0 Å². The molecule has 0 aliphatic rings. The van der Waals surface area contributed by atoms with E-state index in [1.807, 2.05) is 44.2 Å². The van der Waals surface area contributed by atoms with Crippen molar-refractivity contribution in [3.8, 4) is 0 Å². The van der Waals surface area contributed by atoms with E-state index in [9.17, 15) is 8.42 Å². The van der Waals surface area contributed by atoms with Crippen molar-refractivity contribution >= 4 is 15.7 Å². The Hall–Kier alpha value is -2.61. The molecule has 0 radical (unpaired) electrons. The third-order valence-electron chi connectivity index (χ3n) is 4.04. The van der Waals surface area contributed by atoms with Gasteiger partial charge in [-0.05, 0) is 26.3 Å². The quantitative estimate of drug-likeness (QED) is 0.733. The molecular formula is C17H21N5O2S. The minimum atomic E-state index is -3.69. The molecule has 0 fully saturated rings. The van der Waals surface area contributed by atoms with Gasteiger partial charge in [-0.2, -0.15) is 10.2 Å². The van der Waals surface area contributed by atoms with E-state index in [1.54, 1.807) is 16.3 Å². The van der Waals surface area contributed by atoms with Crippen molar-refractivity contribution in [2.45, 2.75) is 38.8 Å². The molecule has 0 saturated carbocycles. The summed E-state index contributed by atoms with van der Waals surface area (Å²) in [4.78, 5) is 0.143. The number of nitrogens with zero attached hydrogens (tertiary/aromatic N) is 4. The highest BCUT2D eigenvalue weighted by molar-refractivity contribution is 7.92. The summed E-state index contributed by atoms with van der Waals surface area (Å²) in [7, 11) is -3.69. The minimum absolute atomic E-state index is 0.143. The van der Waals surface area contributed by atoms with Crippen LogP contribution in [0.3, 0.4) is 0 Å². The van der Waals surface area contributed by atoms with Gasteiger partial charge in [0.15, 0.2) is 0 Å². The lowest BCUT2D eigenvalue weighted by molar-refractivity contribution is 0.600. The van der Waals surface area contributed by atoms with Crippen molar-refractivity contribution in [1.29, 1.82) is 0 Å². The molecule has 2 aromatic heterocycles. The van der Waals surface area contributed by atoms with Gasteiger partial charge in [0.05, 0.1) is 29.8 Å². The summed E-state index contributed by atoms with van der Waals surface area (Å²) in [5.74, 6) is 0. The summed E-state index contributed by atoms with van der Waals surface area (Å²) < 4.78 is 31.2. The van der Waals surface area contributed by atoms with E-state index < -0.39 is 10.0 Å². The van der Waals surface area contributed by atoms with Gasteiger partial charge >= 0.3 is 0 Å². The van der Waals surface area contributed by atoms with Gasteiger partial charge in [0.1, 0.15) is 4.90 Å². The number of rotatable bonds is 6. The summed E-state index contributed by atoms with van der Waals surface area (Å²) in [6.07, 6.45) is 2.87. The van der Waals surface area contributed by atoms with Crippen LogP contribution >= 0.6 is 0 Å². The molecule has 3 rings (SSSR count). The van der Waals surface area contributed by atoms with Crippen molar-refractivity contribution in [2.24, 2.45) is 0 Å². The first-order valence-corrected chi connectivity index (χ1v) is 9.52. The first-order valence-electron chi connectivity index (χ1n) is 8.04. The highest BCUT2D eigenvalue weighted by Gasteiger charge is 2.21. The molecule has 1 N–H and O–H groups in total. The third kappa shape index (κ3) is 3.58. The first-order chi connectivity index (χ1) is 11.9. The molecule has 25 heavy (non-hydrogen) atoms. The lowest BCUT2D eigenvalue weighted by Gasteiger charge is -2.08. The fraction of sp³-hybridized carbons (Fsp3) is 0.294. The molecule has 0 spiro atoms. The summed E-state index contributed by atoms with van der Waals surface area (Å²) in [6, 6.07) is 9.92. The van der Waals surface area contributed by atoms with Crippen molar-refractivity contribution in [3.05, 3.63) is 59.7 Å². The van der Waals surface area contributed by atoms with E-state index >= 15 is 0 Å². The topological polar surface area (TPSA) is 81.8 Å². The Morgan fingerprint density at radius 2 is 1.88 bits per heavy atom. The molecule has 132 valence electrons. The number of nitrogens with one attached hydrogen (secondary N) is 1. The SMILES string of the molecule is CCn1cc(S(=O)(=O)Nc2c(C)nn(Cc3ccccc3)c2C)cn1. The molecule has 0 amide bonds. The van der Waals surface area contributed by atoms with Crippen LogP contribution in [0.1, 0.15) is 23.9 Å². The molecule has 1 aromatic carbocycles. The standard InChI is InChI=1S/C17H21N5O2S/c1-4-21-12-16(10-18-21)25(23,24)20-17-13(2)19-22(14(17)3)11-15-8-6-5-7-9-15/h5-10,12,20H,4,11H2,1-3H3. The Morgan fingerprint density at radius 3 is 2.52 bits per heavy atom. The Bertz CT molecular complexity index is 974. The maximum Gasteiger partial charge on any atom is 0.265 e. The normalized spacial score (nSPS) is 11.6. The molecule has 3 aromatic rings. The molecule has 0 aliphatic heterocycles. The Labute approximate surface area is 147 Å². The minimum Gasteiger partial charge on any atom is -0.276 e. The van der Waals surface area contributed by atoms with E-state index in [0.29, 0.717) is 24.5 Å². The molecule has 0 atom stereocenters. The van der Waals surface area contributed by atoms with Crippen LogP contribution in [0.25, 0.3) is 0 Å². The second kappa shape index (κ2) is 6.72. The average Bonchev–Trinajstić information content (AvgIpc) is 3.17. The fourth-order valence-corrected chi connectivity index (χ4v) is 3.73. The largest absolute Gasteiger partial charge is 0.276 e. The summed E-state index contributed by atoms with van der Waals surface area (Å²) in [5, 5.41) is 8.50. The van der Waals surface area contributed by atoms with Gasteiger partial charge in [-0.15, -0.1) is 0 Å². The van der Waals surface area contributed by atoms with Gasteiger partial charge in [-0.1, -0.05) is 30.3 Å². The Morgan fingerprint density at radius 1 is 1.16 bits per heavy atom. The number of sulfonamides is 1. The van der Waals surface area contributed by atoms with E-state index in [-0.39, 0.29) is 4.90 Å². The van der Waals surface area contributed by atoms with Gasteiger partial charge in [0.25, 0.3) is 10.0 Å². The number of aromatic nitrogens is 4. The van der Waals surface area contributed by atoms with Crippen LogP contribution in [-0.2, 0) is 23.1 Å². The molecule has 0 bridgehead atoms. The zero-order valence-corrected chi connectivity index (χ0v) is 15.3. The Balaban J connectivity index is 1.88. The van der Waals surface area contributed by atoms with Crippen molar-refractivity contribution in [1.82, 2.24) is 19.6 Å². The molecule has 7 nitrogen and oxygen atoms in total. The molecule has 0 unspecified atom stereocenters. The predicted octanol–water partition coefficient (Wildman–Crippen LogP) is 2.57. The van der Waals surface area contributed by atoms with Crippen LogP contribution in [0.5, 0.6) is 0 Å². The second-order valence-electron chi connectivity index (χ2n) is 5.83. The summed E-state index contributed by atoms with van der Waals surface area (Å²) >= 11 is 0. The van der Waals surface area contributed by atoms with Crippen LogP contribution in [0, 0.1) is 13.8 Å². The third-order valence-corrected chi connectivity index (χ3v) is 5.34. The lowest BCUT2D eigenvalue weighted by Crippen LogP contribution is -2.14. The van der Waals surface area contributed by atoms with E-state index in [1.165, 1.54) is 12.4 Å². The number of benzene rings is 1. The van der Waals surface area contributed by atoms with E-state index in [0.717, 1.165) is 11.3 Å². The Kier molecular flexibility index (Phi) is 4.63. The maximum absolute atomic E-state index is 12.6. The monoisotopic (exact) mass is 359 g/mol. The zero-order chi connectivity index (χ0) is 18.0. The molecule has 8 heteroatoms. The lowest BCUT2D eigenvalue weighted by atomic mass is 10.2. The van der Waals surface area contributed by atoms with Crippen LogP contribution in [0.2, 0.25) is 0 Å². The highest BCUT2D eigenvalue weighted by atomic mass is 32.2. The second-order valence-corrected chi connectivity index (χ2v) is 7.51. The number of aryl methyl sites for hydroxylation is 2. The van der Waals surface area contributed by atoms with Crippen LogP contribution in [0.15, 0.2) is 47.6 Å².